The van der Waals surface area contributed by atoms with Crippen LogP contribution in [-0.2, 0) is 20.4 Å². The van der Waals surface area contributed by atoms with E-state index in [4.69, 9.17) is 0 Å². The first-order valence-electron chi connectivity index (χ1n) is 3.36. The van der Waals surface area contributed by atoms with Crippen LogP contribution in [0.25, 0.3) is 0 Å². The molecule has 0 aromatic heterocycles. The molecule has 0 unspecified atom stereocenters. The molecule has 0 N–H and O–H groups in total. The summed E-state index contributed by atoms with van der Waals surface area (Å²) in [5.74, 6) is 0. The van der Waals surface area contributed by atoms with Crippen molar-refractivity contribution in [2.24, 2.45) is 0 Å². The van der Waals surface area contributed by atoms with Gasteiger partial charge in [-0.3, -0.25) is 0 Å². The molecule has 0 aromatic rings. The van der Waals surface area contributed by atoms with Crippen LogP contribution in [0.4, 0.5) is 0 Å². The fourth-order valence-electron chi connectivity index (χ4n) is 1.22. The van der Waals surface area contributed by atoms with Gasteiger partial charge in [0.15, 0.2) is 0 Å². The number of hydrogen-bond donors (Lipinski definition) is 0. The first-order chi connectivity index (χ1) is 4.25. The molecule has 0 saturated carbocycles. The van der Waals surface area contributed by atoms with E-state index in [1.54, 1.807) is 11.1 Å². The van der Waals surface area contributed by atoms with Crippen LogP contribution >= 0.6 is 0 Å². The molecule has 1 heteroatoms. The Hall–Kier alpha value is 0.194. The van der Waals surface area contributed by atoms with Gasteiger partial charge in [0.1, 0.15) is 0 Å². The minimum absolute atomic E-state index is 1.19. The normalized spacial score (nSPS) is 18.6. The zero-order valence-corrected chi connectivity index (χ0v) is 7.55. The Kier molecular flexibility index (Phi) is 2.31. The molecule has 0 aliphatic heterocycles. The Morgan fingerprint density at radius 2 is 2.33 bits per heavy atom. The van der Waals surface area contributed by atoms with E-state index in [-0.39, 0.29) is 0 Å². The third-order valence-corrected chi connectivity index (χ3v) is 2.60. The SMILES string of the molecule is CCC1=C(C)CC=[C]1[Ti]. The summed E-state index contributed by atoms with van der Waals surface area (Å²) in [5, 5.41) is 0. The predicted molar refractivity (Wildman–Crippen MR) is 35.7 cm³/mol. The van der Waals surface area contributed by atoms with Gasteiger partial charge in [0, 0.05) is 0 Å². The summed E-state index contributed by atoms with van der Waals surface area (Å²) < 4.78 is 1.50. The monoisotopic (exact) mass is 155 g/mol. The van der Waals surface area contributed by atoms with Crippen LogP contribution in [-0.4, -0.2) is 0 Å². The Morgan fingerprint density at radius 1 is 1.67 bits per heavy atom. The molecule has 0 heterocycles. The average molecular weight is 155 g/mol. The predicted octanol–water partition coefficient (Wildman–Crippen LogP) is 2.55. The molecule has 0 bridgehead atoms. The molecule has 0 saturated heterocycles. The van der Waals surface area contributed by atoms with Crippen molar-refractivity contribution in [1.82, 2.24) is 0 Å². The molecule has 0 radical (unpaired) electrons. The van der Waals surface area contributed by atoms with Crippen LogP contribution in [0.3, 0.4) is 0 Å². The molecule has 0 atom stereocenters. The molecule has 0 fully saturated rings. The summed E-state index contributed by atoms with van der Waals surface area (Å²) >= 11 is 2.20. The fourth-order valence-corrected chi connectivity index (χ4v) is 1.99. The van der Waals surface area contributed by atoms with Crippen LogP contribution in [0.1, 0.15) is 26.7 Å². The van der Waals surface area contributed by atoms with Gasteiger partial charge >= 0.3 is 68.2 Å². The second-order valence-corrected chi connectivity index (χ2v) is 3.28. The molecule has 47 valence electrons. The third kappa shape index (κ3) is 1.36. The fraction of sp³-hybridized carbons (Fsp3) is 0.500. The molecule has 0 aromatic carbocycles. The minimum atomic E-state index is 1.19. The van der Waals surface area contributed by atoms with Crippen molar-refractivity contribution in [2.45, 2.75) is 26.7 Å². The summed E-state index contributed by atoms with van der Waals surface area (Å²) in [6.45, 7) is 4.45. The molecular weight excluding hydrogens is 144 g/mol. The van der Waals surface area contributed by atoms with Crippen LogP contribution in [0.15, 0.2) is 21.1 Å². The Bertz CT molecular complexity index is 175. The van der Waals surface area contributed by atoms with Crippen molar-refractivity contribution in [3.63, 3.8) is 0 Å². The van der Waals surface area contributed by atoms with Crippen LogP contribution < -0.4 is 0 Å². The molecule has 1 aliphatic rings. The molecule has 0 amide bonds. The summed E-state index contributed by atoms with van der Waals surface area (Å²) in [6.07, 6.45) is 4.71. The van der Waals surface area contributed by atoms with Gasteiger partial charge in [-0.1, -0.05) is 0 Å². The van der Waals surface area contributed by atoms with Crippen molar-refractivity contribution in [2.75, 3.05) is 0 Å². The van der Waals surface area contributed by atoms with Gasteiger partial charge < -0.3 is 0 Å². The van der Waals surface area contributed by atoms with Gasteiger partial charge in [-0.15, -0.1) is 0 Å². The molecule has 1 aliphatic carbocycles. The summed E-state index contributed by atoms with van der Waals surface area (Å²) in [5.41, 5.74) is 3.14. The van der Waals surface area contributed by atoms with E-state index in [0.717, 1.165) is 0 Å². The molecule has 1 rings (SSSR count). The Balaban J connectivity index is 2.83. The maximum absolute atomic E-state index is 2.31. The van der Waals surface area contributed by atoms with Gasteiger partial charge in [0.2, 0.25) is 0 Å². The van der Waals surface area contributed by atoms with Gasteiger partial charge in [-0.2, -0.15) is 0 Å². The number of allylic oxidation sites excluding steroid dienone is 4. The topological polar surface area (TPSA) is 0 Å². The summed E-state index contributed by atoms with van der Waals surface area (Å²) in [7, 11) is 0. The Morgan fingerprint density at radius 3 is 2.56 bits per heavy atom. The van der Waals surface area contributed by atoms with Crippen molar-refractivity contribution in [3.05, 3.63) is 21.1 Å². The second-order valence-electron chi connectivity index (χ2n) is 2.43. The first kappa shape index (κ1) is 7.30. The zero-order valence-electron chi connectivity index (χ0n) is 5.99. The molecular formula is C8H11Ti. The van der Waals surface area contributed by atoms with E-state index in [0.29, 0.717) is 0 Å². The number of rotatable bonds is 1. The van der Waals surface area contributed by atoms with Crippen molar-refractivity contribution >= 4 is 0 Å². The molecule has 0 spiro atoms. The second kappa shape index (κ2) is 2.85. The maximum atomic E-state index is 2.31. The van der Waals surface area contributed by atoms with E-state index >= 15 is 0 Å². The van der Waals surface area contributed by atoms with Crippen molar-refractivity contribution < 1.29 is 20.4 Å². The van der Waals surface area contributed by atoms with Gasteiger partial charge in [-0.25, -0.2) is 0 Å². The van der Waals surface area contributed by atoms with E-state index in [2.05, 4.69) is 40.4 Å². The quantitative estimate of drug-likeness (QED) is 0.510. The summed E-state index contributed by atoms with van der Waals surface area (Å²) in [6, 6.07) is 0. The Labute approximate surface area is 68.4 Å². The van der Waals surface area contributed by atoms with E-state index in [1.165, 1.54) is 16.7 Å². The van der Waals surface area contributed by atoms with E-state index < -0.39 is 0 Å². The van der Waals surface area contributed by atoms with Crippen LogP contribution in [0.2, 0.25) is 0 Å². The zero-order chi connectivity index (χ0) is 6.85. The van der Waals surface area contributed by atoms with E-state index in [1.807, 2.05) is 0 Å². The van der Waals surface area contributed by atoms with Gasteiger partial charge in [0.25, 0.3) is 0 Å². The van der Waals surface area contributed by atoms with Crippen LogP contribution in [0.5, 0.6) is 0 Å². The van der Waals surface area contributed by atoms with Gasteiger partial charge in [-0.05, 0) is 0 Å². The standard InChI is InChI=1S/C8H11.Ti/c1-3-8-6-4-5-7(8)2;/h4H,3,5H2,1-2H3;. The molecule has 9 heavy (non-hydrogen) atoms. The average Bonchev–Trinajstić information content (AvgIpc) is 2.12. The van der Waals surface area contributed by atoms with Crippen molar-refractivity contribution in [3.8, 4) is 0 Å². The van der Waals surface area contributed by atoms with Gasteiger partial charge in [0.05, 0.1) is 0 Å². The van der Waals surface area contributed by atoms with Crippen molar-refractivity contribution in [1.29, 1.82) is 0 Å². The van der Waals surface area contributed by atoms with E-state index in [9.17, 15) is 0 Å². The first-order valence-corrected chi connectivity index (χ1v) is 4.14. The summed E-state index contributed by atoms with van der Waals surface area (Å²) in [4.78, 5) is 0. The van der Waals surface area contributed by atoms with Crippen LogP contribution in [0, 0.1) is 0 Å². The third-order valence-electron chi connectivity index (χ3n) is 1.81. The number of hydrogen-bond acceptors (Lipinski definition) is 0. The molecule has 0 nitrogen and oxygen atoms in total.